The van der Waals surface area contributed by atoms with Gasteiger partial charge in [-0.3, -0.25) is 9.63 Å². The van der Waals surface area contributed by atoms with Gasteiger partial charge in [-0.25, -0.2) is 4.39 Å². The normalized spacial score (nSPS) is 9.77. The average Bonchev–Trinajstić information content (AvgIpc) is 2.13. The van der Waals surface area contributed by atoms with Crippen molar-refractivity contribution < 1.29 is 9.18 Å². The molecule has 5 heteroatoms. The molecule has 0 aromatic heterocycles. The Bertz CT molecular complexity index is 330. The summed E-state index contributed by atoms with van der Waals surface area (Å²) in [4.78, 5) is 12.7. The number of halogens is 3. The molecule has 0 spiro atoms. The molecule has 0 aliphatic carbocycles. The smallest absolute Gasteiger partial charge is 0.238 e. The van der Waals surface area contributed by atoms with Crippen LogP contribution < -0.4 is 4.84 Å². The van der Waals surface area contributed by atoms with Gasteiger partial charge >= 0.3 is 0 Å². The summed E-state index contributed by atoms with van der Waals surface area (Å²) >= 11 is 10.7. The summed E-state index contributed by atoms with van der Waals surface area (Å²) in [6, 6.07) is 4.28. The number of nitrogens with one attached hydrogen (secondary N) is 1. The van der Waals surface area contributed by atoms with Crippen molar-refractivity contribution >= 4 is 29.3 Å². The molecule has 0 fully saturated rings. The minimum absolute atomic E-state index is 0.0277. The highest BCUT2D eigenvalue weighted by atomic mass is 35.5. The lowest BCUT2D eigenvalue weighted by Gasteiger charge is -2.02. The zero-order chi connectivity index (χ0) is 9.84. The van der Waals surface area contributed by atoms with Crippen LogP contribution >= 0.6 is 23.4 Å². The molecular weight excluding hydrogens is 216 g/mol. The minimum atomic E-state index is -0.540. The van der Waals surface area contributed by atoms with Crippen LogP contribution in [-0.2, 0) is 11.2 Å². The minimum Gasteiger partial charge on any atom is -0.273 e. The van der Waals surface area contributed by atoms with Gasteiger partial charge in [0.15, 0.2) is 0 Å². The molecule has 0 unspecified atom stereocenters. The Morgan fingerprint density at radius 2 is 2.23 bits per heavy atom. The first-order valence-corrected chi connectivity index (χ1v) is 4.23. The Hall–Kier alpha value is -0.800. The largest absolute Gasteiger partial charge is 0.273 e. The van der Waals surface area contributed by atoms with E-state index in [1.165, 1.54) is 12.1 Å². The number of rotatable bonds is 2. The maximum absolute atomic E-state index is 12.8. The van der Waals surface area contributed by atoms with E-state index < -0.39 is 11.7 Å². The second kappa shape index (κ2) is 4.44. The SMILES string of the molecule is O=C(Cc1cccc(F)c1Cl)NCl. The van der Waals surface area contributed by atoms with E-state index in [1.807, 2.05) is 4.84 Å². The predicted molar refractivity (Wildman–Crippen MR) is 49.1 cm³/mol. The Balaban J connectivity index is 2.89. The van der Waals surface area contributed by atoms with E-state index in [9.17, 15) is 9.18 Å². The summed E-state index contributed by atoms with van der Waals surface area (Å²) in [6.07, 6.45) is -0.0277. The lowest BCUT2D eigenvalue weighted by atomic mass is 10.1. The summed E-state index contributed by atoms with van der Waals surface area (Å²) in [6.45, 7) is 0. The van der Waals surface area contributed by atoms with Gasteiger partial charge in [-0.05, 0) is 11.6 Å². The Morgan fingerprint density at radius 1 is 1.54 bits per heavy atom. The van der Waals surface area contributed by atoms with Gasteiger partial charge in [0, 0.05) is 11.8 Å². The standard InChI is InChI=1S/C8H6Cl2FNO/c9-8-5(4-7(13)12-10)2-1-3-6(8)11/h1-3H,4H2,(H,12,13). The monoisotopic (exact) mass is 221 g/mol. The van der Waals surface area contributed by atoms with Gasteiger partial charge in [-0.15, -0.1) is 0 Å². The lowest BCUT2D eigenvalue weighted by Crippen LogP contribution is -2.15. The first-order valence-electron chi connectivity index (χ1n) is 3.47. The molecule has 0 atom stereocenters. The predicted octanol–water partition coefficient (Wildman–Crippen LogP) is 2.29. The van der Waals surface area contributed by atoms with E-state index in [0.717, 1.165) is 0 Å². The summed E-state index contributed by atoms with van der Waals surface area (Å²) in [5.74, 6) is -0.962. The van der Waals surface area contributed by atoms with Crippen molar-refractivity contribution in [2.24, 2.45) is 0 Å². The van der Waals surface area contributed by atoms with Crippen LogP contribution in [0.5, 0.6) is 0 Å². The van der Waals surface area contributed by atoms with E-state index in [4.69, 9.17) is 23.4 Å². The van der Waals surface area contributed by atoms with Crippen molar-refractivity contribution in [1.82, 2.24) is 4.84 Å². The second-order valence-corrected chi connectivity index (χ2v) is 2.97. The molecule has 70 valence electrons. The van der Waals surface area contributed by atoms with Crippen molar-refractivity contribution in [2.45, 2.75) is 6.42 Å². The van der Waals surface area contributed by atoms with Crippen LogP contribution in [0.2, 0.25) is 5.02 Å². The zero-order valence-corrected chi connectivity index (χ0v) is 7.99. The number of hydrogen-bond acceptors (Lipinski definition) is 1. The molecule has 0 saturated carbocycles. The number of carbonyl (C=O) groups excluding carboxylic acids is 1. The molecule has 0 heterocycles. The number of amides is 1. The van der Waals surface area contributed by atoms with Crippen molar-refractivity contribution in [3.05, 3.63) is 34.6 Å². The second-order valence-electron chi connectivity index (χ2n) is 2.41. The fourth-order valence-electron chi connectivity index (χ4n) is 0.891. The molecule has 1 N–H and O–H groups in total. The summed E-state index contributed by atoms with van der Waals surface area (Å²) in [5.41, 5.74) is 0.416. The van der Waals surface area contributed by atoms with E-state index >= 15 is 0 Å². The molecule has 2 nitrogen and oxygen atoms in total. The van der Waals surface area contributed by atoms with Gasteiger partial charge in [0.1, 0.15) is 5.82 Å². The highest BCUT2D eigenvalue weighted by Crippen LogP contribution is 2.19. The van der Waals surface area contributed by atoms with Gasteiger partial charge in [0.05, 0.1) is 11.4 Å². The molecule has 0 aliphatic heterocycles. The van der Waals surface area contributed by atoms with E-state index in [0.29, 0.717) is 5.56 Å². The summed E-state index contributed by atoms with van der Waals surface area (Å²) < 4.78 is 12.8. The first-order chi connectivity index (χ1) is 6.15. The molecule has 1 aromatic carbocycles. The Labute approximate surface area is 84.8 Å². The van der Waals surface area contributed by atoms with E-state index in [2.05, 4.69) is 0 Å². The third kappa shape index (κ3) is 2.57. The third-order valence-corrected chi connectivity index (χ3v) is 2.12. The van der Waals surface area contributed by atoms with Gasteiger partial charge in [-0.1, -0.05) is 23.7 Å². The van der Waals surface area contributed by atoms with Crippen molar-refractivity contribution in [3.8, 4) is 0 Å². The fraction of sp³-hybridized carbons (Fsp3) is 0.125. The zero-order valence-electron chi connectivity index (χ0n) is 6.48. The van der Waals surface area contributed by atoms with Crippen LogP contribution in [0.15, 0.2) is 18.2 Å². The molecule has 0 bridgehead atoms. The first kappa shape index (κ1) is 10.3. The van der Waals surface area contributed by atoms with Crippen LogP contribution in [0.3, 0.4) is 0 Å². The van der Waals surface area contributed by atoms with Gasteiger partial charge < -0.3 is 0 Å². The van der Waals surface area contributed by atoms with Crippen molar-refractivity contribution in [3.63, 3.8) is 0 Å². The van der Waals surface area contributed by atoms with Crippen LogP contribution in [0.25, 0.3) is 0 Å². The van der Waals surface area contributed by atoms with Crippen LogP contribution in [-0.4, -0.2) is 5.91 Å². The third-order valence-electron chi connectivity index (χ3n) is 1.49. The topological polar surface area (TPSA) is 29.1 Å². The van der Waals surface area contributed by atoms with Gasteiger partial charge in [0.25, 0.3) is 0 Å². The molecule has 13 heavy (non-hydrogen) atoms. The molecule has 0 aliphatic rings. The Kier molecular flexibility index (Phi) is 3.51. The number of carbonyl (C=O) groups is 1. The van der Waals surface area contributed by atoms with E-state index in [-0.39, 0.29) is 11.4 Å². The maximum Gasteiger partial charge on any atom is 0.238 e. The number of benzene rings is 1. The lowest BCUT2D eigenvalue weighted by molar-refractivity contribution is -0.118. The van der Waals surface area contributed by atoms with Crippen molar-refractivity contribution in [2.75, 3.05) is 0 Å². The number of hydrogen-bond donors (Lipinski definition) is 1. The van der Waals surface area contributed by atoms with Crippen LogP contribution in [0, 0.1) is 5.82 Å². The molecule has 0 radical (unpaired) electrons. The molecule has 1 aromatic rings. The highest BCUT2D eigenvalue weighted by Gasteiger charge is 2.08. The summed E-state index contributed by atoms with van der Waals surface area (Å²) in [7, 11) is 0. The maximum atomic E-state index is 12.8. The van der Waals surface area contributed by atoms with Gasteiger partial charge in [0.2, 0.25) is 5.91 Å². The van der Waals surface area contributed by atoms with E-state index in [1.54, 1.807) is 6.07 Å². The molecular formula is C8H6Cl2FNO. The van der Waals surface area contributed by atoms with Crippen LogP contribution in [0.4, 0.5) is 4.39 Å². The molecule has 1 rings (SSSR count). The van der Waals surface area contributed by atoms with Gasteiger partial charge in [-0.2, -0.15) is 0 Å². The Morgan fingerprint density at radius 3 is 2.85 bits per heavy atom. The van der Waals surface area contributed by atoms with Crippen molar-refractivity contribution in [1.29, 1.82) is 0 Å². The summed E-state index contributed by atoms with van der Waals surface area (Å²) in [5, 5.41) is -0.0391. The molecule has 0 saturated heterocycles. The average molecular weight is 222 g/mol. The van der Waals surface area contributed by atoms with Crippen LogP contribution in [0.1, 0.15) is 5.56 Å². The highest BCUT2D eigenvalue weighted by molar-refractivity contribution is 6.31. The quantitative estimate of drug-likeness (QED) is 0.764. The molecule has 1 amide bonds. The fourth-order valence-corrected chi connectivity index (χ4v) is 1.15.